The Hall–Kier alpha value is -4.08. The Morgan fingerprint density at radius 2 is 1.75 bits per heavy atom. The van der Waals surface area contributed by atoms with Crippen LogP contribution in [0.4, 0.5) is 10.1 Å². The van der Waals surface area contributed by atoms with Crippen LogP contribution in [-0.2, 0) is 14.9 Å². The van der Waals surface area contributed by atoms with Crippen molar-refractivity contribution >= 4 is 28.2 Å². The van der Waals surface area contributed by atoms with Gasteiger partial charge in [-0.2, -0.15) is 5.10 Å². The van der Waals surface area contributed by atoms with Gasteiger partial charge in [0.1, 0.15) is 23.9 Å². The highest BCUT2D eigenvalue weighted by atomic mass is 19.1. The van der Waals surface area contributed by atoms with E-state index in [1.165, 1.54) is 22.9 Å². The summed E-state index contributed by atoms with van der Waals surface area (Å²) in [5, 5.41) is 8.90. The van der Waals surface area contributed by atoms with E-state index in [9.17, 15) is 14.0 Å². The molecule has 8 nitrogen and oxygen atoms in total. The Balaban J connectivity index is 1.38. The van der Waals surface area contributed by atoms with Gasteiger partial charge in [0.25, 0.3) is 11.7 Å². The minimum atomic E-state index is -0.816. The predicted octanol–water partition coefficient (Wildman–Crippen LogP) is 4.99. The molecule has 0 radical (unpaired) electrons. The summed E-state index contributed by atoms with van der Waals surface area (Å²) in [6.07, 6.45) is 0. The summed E-state index contributed by atoms with van der Waals surface area (Å²) in [7, 11) is 0. The first kappa shape index (κ1) is 27.5. The largest absolute Gasteiger partial charge is 0.492 e. The number of halogens is 1. The first-order chi connectivity index (χ1) is 19.2. The first-order valence-electron chi connectivity index (χ1n) is 13.4. The van der Waals surface area contributed by atoms with Gasteiger partial charge >= 0.3 is 0 Å². The van der Waals surface area contributed by atoms with Crippen molar-refractivity contribution in [1.82, 2.24) is 14.7 Å². The molecule has 0 aliphatic carbocycles. The Bertz CT molecular complexity index is 1540. The summed E-state index contributed by atoms with van der Waals surface area (Å²) in [5.74, 6) is -1.36. The number of aromatic nitrogens is 2. The van der Waals surface area contributed by atoms with Crippen LogP contribution in [-0.4, -0.2) is 65.8 Å². The molecule has 1 aliphatic heterocycles. The van der Waals surface area contributed by atoms with E-state index >= 15 is 0 Å². The van der Waals surface area contributed by atoms with Gasteiger partial charge in [0.15, 0.2) is 0 Å². The molecule has 1 aliphatic rings. The maximum Gasteiger partial charge on any atom is 0.298 e. The van der Waals surface area contributed by atoms with E-state index in [1.54, 1.807) is 24.3 Å². The van der Waals surface area contributed by atoms with E-state index in [4.69, 9.17) is 9.47 Å². The third-order valence-electron chi connectivity index (χ3n) is 6.87. The number of rotatable bonds is 8. The second-order valence-corrected chi connectivity index (χ2v) is 10.8. The summed E-state index contributed by atoms with van der Waals surface area (Å²) < 4.78 is 26.8. The van der Waals surface area contributed by atoms with Gasteiger partial charge in [-0.05, 0) is 36.4 Å². The zero-order valence-electron chi connectivity index (χ0n) is 22.9. The number of nitrogens with one attached hydrogen (secondary N) is 1. The van der Waals surface area contributed by atoms with Gasteiger partial charge in [0.2, 0.25) is 0 Å². The maximum atomic E-state index is 14.0. The standard InChI is InChI=1S/C31H33FN4O4/c1-31(2,3)28-20-26(36(34-28)22-8-6-7-21(32)19-22)29(37)30(38)33-25-11-12-27(24-10-5-4-9-23(24)25)40-18-15-35-13-16-39-17-14-35/h4-12,19-20H,13-18H2,1-3H3,(H,33,38). The van der Waals surface area contributed by atoms with Crippen LogP contribution >= 0.6 is 0 Å². The topological polar surface area (TPSA) is 85.7 Å². The molecule has 1 amide bonds. The van der Waals surface area contributed by atoms with Gasteiger partial charge in [-0.1, -0.05) is 51.1 Å². The SMILES string of the molecule is CC(C)(C)c1cc(C(=O)C(=O)Nc2ccc(OCCN3CCOCC3)c3ccccc23)n(-c2cccc(F)c2)n1. The number of anilines is 1. The van der Waals surface area contributed by atoms with Crippen LogP contribution in [0, 0.1) is 5.82 Å². The van der Waals surface area contributed by atoms with E-state index in [-0.39, 0.29) is 5.69 Å². The van der Waals surface area contributed by atoms with Crippen LogP contribution in [0.25, 0.3) is 16.5 Å². The van der Waals surface area contributed by atoms with Crippen molar-refractivity contribution in [2.75, 3.05) is 44.8 Å². The Labute approximate surface area is 232 Å². The van der Waals surface area contributed by atoms with Crippen LogP contribution in [0.3, 0.4) is 0 Å². The summed E-state index contributed by atoms with van der Waals surface area (Å²) >= 11 is 0. The number of Topliss-reactive ketones (excluding diaryl/α,β-unsaturated/α-hetero) is 1. The zero-order valence-corrected chi connectivity index (χ0v) is 22.9. The molecule has 0 unspecified atom stereocenters. The maximum absolute atomic E-state index is 14.0. The predicted molar refractivity (Wildman–Crippen MR) is 152 cm³/mol. The van der Waals surface area contributed by atoms with E-state index in [2.05, 4.69) is 15.3 Å². The molecule has 0 saturated carbocycles. The lowest BCUT2D eigenvalue weighted by Gasteiger charge is -2.26. The van der Waals surface area contributed by atoms with Gasteiger partial charge in [0, 0.05) is 41.5 Å². The molecule has 4 aromatic rings. The van der Waals surface area contributed by atoms with Crippen molar-refractivity contribution in [2.24, 2.45) is 0 Å². The van der Waals surface area contributed by atoms with Gasteiger partial charge < -0.3 is 14.8 Å². The number of carbonyl (C=O) groups excluding carboxylic acids is 2. The number of hydrogen-bond donors (Lipinski definition) is 1. The van der Waals surface area contributed by atoms with Crippen LogP contribution in [0.15, 0.2) is 66.7 Å². The molecule has 0 spiro atoms. The Morgan fingerprint density at radius 3 is 2.48 bits per heavy atom. The van der Waals surface area contributed by atoms with Crippen molar-refractivity contribution in [3.63, 3.8) is 0 Å². The number of morpholine rings is 1. The molecule has 2 heterocycles. The fourth-order valence-corrected chi connectivity index (χ4v) is 4.63. The quantitative estimate of drug-likeness (QED) is 0.248. The highest BCUT2D eigenvalue weighted by Gasteiger charge is 2.28. The second-order valence-electron chi connectivity index (χ2n) is 10.8. The van der Waals surface area contributed by atoms with Gasteiger partial charge in [-0.15, -0.1) is 0 Å². The highest BCUT2D eigenvalue weighted by Crippen LogP contribution is 2.32. The van der Waals surface area contributed by atoms with E-state index < -0.39 is 22.9 Å². The number of nitrogens with zero attached hydrogens (tertiary/aromatic N) is 3. The number of ketones is 1. The molecule has 40 heavy (non-hydrogen) atoms. The van der Waals surface area contributed by atoms with Crippen molar-refractivity contribution in [3.05, 3.63) is 83.9 Å². The van der Waals surface area contributed by atoms with Crippen LogP contribution in [0.5, 0.6) is 5.75 Å². The molecular weight excluding hydrogens is 511 g/mol. The van der Waals surface area contributed by atoms with E-state index in [0.717, 1.165) is 43.6 Å². The lowest BCUT2D eigenvalue weighted by atomic mass is 9.92. The minimum absolute atomic E-state index is 0.0559. The van der Waals surface area contributed by atoms with E-state index in [0.29, 0.717) is 29.4 Å². The van der Waals surface area contributed by atoms with Crippen molar-refractivity contribution in [2.45, 2.75) is 26.2 Å². The number of fused-ring (bicyclic) bond motifs is 1. The molecule has 208 valence electrons. The Kier molecular flexibility index (Phi) is 7.95. The van der Waals surface area contributed by atoms with Gasteiger partial charge in [0.05, 0.1) is 24.6 Å². The summed E-state index contributed by atoms with van der Waals surface area (Å²) in [6.45, 7) is 10.4. The first-order valence-corrected chi connectivity index (χ1v) is 13.4. The number of benzene rings is 3. The second kappa shape index (κ2) is 11.6. The van der Waals surface area contributed by atoms with Crippen LogP contribution in [0.1, 0.15) is 37.0 Å². The van der Waals surface area contributed by atoms with Crippen LogP contribution in [0.2, 0.25) is 0 Å². The Morgan fingerprint density at radius 1 is 1.00 bits per heavy atom. The normalized spacial score (nSPS) is 14.3. The summed E-state index contributed by atoms with van der Waals surface area (Å²) in [4.78, 5) is 29.0. The molecule has 3 aromatic carbocycles. The third kappa shape index (κ3) is 6.05. The molecular formula is C31H33FN4O4. The molecule has 1 saturated heterocycles. The minimum Gasteiger partial charge on any atom is -0.492 e. The smallest absolute Gasteiger partial charge is 0.298 e. The number of carbonyl (C=O) groups is 2. The molecule has 0 bridgehead atoms. The van der Waals surface area contributed by atoms with E-state index in [1.807, 2.05) is 45.0 Å². The lowest BCUT2D eigenvalue weighted by Crippen LogP contribution is -2.38. The lowest BCUT2D eigenvalue weighted by molar-refractivity contribution is -0.112. The summed E-state index contributed by atoms with van der Waals surface area (Å²) in [5.41, 5.74) is 1.12. The van der Waals surface area contributed by atoms with Crippen molar-refractivity contribution < 1.29 is 23.5 Å². The average Bonchev–Trinajstić information content (AvgIpc) is 3.41. The number of ether oxygens (including phenoxy) is 2. The van der Waals surface area contributed by atoms with Crippen LogP contribution < -0.4 is 10.1 Å². The fraction of sp³-hybridized carbons (Fsp3) is 0.323. The molecule has 0 atom stereocenters. The van der Waals surface area contributed by atoms with Gasteiger partial charge in [-0.3, -0.25) is 14.5 Å². The molecule has 1 aromatic heterocycles. The average molecular weight is 545 g/mol. The third-order valence-corrected chi connectivity index (χ3v) is 6.87. The molecule has 1 N–H and O–H groups in total. The highest BCUT2D eigenvalue weighted by molar-refractivity contribution is 6.46. The van der Waals surface area contributed by atoms with Crippen molar-refractivity contribution in [1.29, 1.82) is 0 Å². The van der Waals surface area contributed by atoms with Gasteiger partial charge in [-0.25, -0.2) is 9.07 Å². The summed E-state index contributed by atoms with van der Waals surface area (Å²) in [6, 6.07) is 18.5. The monoisotopic (exact) mass is 544 g/mol. The van der Waals surface area contributed by atoms with Crippen molar-refractivity contribution in [3.8, 4) is 11.4 Å². The zero-order chi connectivity index (χ0) is 28.3. The molecule has 5 rings (SSSR count). The number of amides is 1. The molecule has 9 heteroatoms. The number of hydrogen-bond acceptors (Lipinski definition) is 6. The fourth-order valence-electron chi connectivity index (χ4n) is 4.63. The molecule has 1 fully saturated rings.